The largest absolute Gasteiger partial charge is 0.487 e. The minimum atomic E-state index is 0.373. The Balaban J connectivity index is 1.23. The highest BCUT2D eigenvalue weighted by molar-refractivity contribution is 5.80. The number of aromatic nitrogens is 5. The summed E-state index contributed by atoms with van der Waals surface area (Å²) in [5, 5.41) is 8.38. The first-order valence-electron chi connectivity index (χ1n) is 9.85. The fraction of sp³-hybridized carbons (Fsp3) is 0.125. The smallest absolute Gasteiger partial charge is 0.138 e. The fourth-order valence-electron chi connectivity index (χ4n) is 3.38. The van der Waals surface area contributed by atoms with Gasteiger partial charge in [-0.2, -0.15) is 0 Å². The molecule has 0 aliphatic rings. The van der Waals surface area contributed by atoms with Gasteiger partial charge in [0.1, 0.15) is 23.9 Å². The van der Waals surface area contributed by atoms with Crippen molar-refractivity contribution in [3.63, 3.8) is 0 Å². The van der Waals surface area contributed by atoms with Crippen molar-refractivity contribution in [1.29, 1.82) is 0 Å². The zero-order chi connectivity index (χ0) is 20.3. The van der Waals surface area contributed by atoms with Crippen LogP contribution in [0.4, 0.5) is 0 Å². The van der Waals surface area contributed by atoms with E-state index in [0.29, 0.717) is 13.2 Å². The Morgan fingerprint density at radius 2 is 1.80 bits per heavy atom. The van der Waals surface area contributed by atoms with Crippen LogP contribution in [0.15, 0.2) is 79.0 Å². The van der Waals surface area contributed by atoms with E-state index in [9.17, 15) is 0 Å². The standard InChI is InChI=1S/C24H21N5O/c1-17-7-12-22-23(13-17)26-24(25-22)19-8-10-21(11-9-19)30-16-20-15-29(28-27-20)14-18-5-3-2-4-6-18/h2-13,15H,14,16H2,1H3,(H,25,26). The first-order chi connectivity index (χ1) is 14.7. The molecule has 148 valence electrons. The van der Waals surface area contributed by atoms with E-state index in [1.807, 2.05) is 59.4 Å². The van der Waals surface area contributed by atoms with Gasteiger partial charge in [0, 0.05) is 5.56 Å². The summed E-state index contributed by atoms with van der Waals surface area (Å²) in [5.74, 6) is 1.63. The SMILES string of the molecule is Cc1ccc2nc(-c3ccc(OCc4cn(Cc5ccccc5)nn4)cc3)[nH]c2c1. The number of ether oxygens (including phenoxy) is 1. The summed E-state index contributed by atoms with van der Waals surface area (Å²) in [7, 11) is 0. The van der Waals surface area contributed by atoms with Gasteiger partial charge in [-0.25, -0.2) is 9.67 Å². The molecule has 5 aromatic rings. The van der Waals surface area contributed by atoms with Crippen LogP contribution >= 0.6 is 0 Å². The third-order valence-corrected chi connectivity index (χ3v) is 4.93. The second-order valence-corrected chi connectivity index (χ2v) is 7.31. The van der Waals surface area contributed by atoms with Gasteiger partial charge < -0.3 is 9.72 Å². The van der Waals surface area contributed by atoms with Crippen molar-refractivity contribution >= 4 is 11.0 Å². The highest BCUT2D eigenvalue weighted by Gasteiger charge is 2.07. The molecule has 0 aliphatic heterocycles. The summed E-state index contributed by atoms with van der Waals surface area (Å²) >= 11 is 0. The summed E-state index contributed by atoms with van der Waals surface area (Å²) in [6.07, 6.45) is 1.91. The Bertz CT molecular complexity index is 1270. The number of hydrogen-bond donors (Lipinski definition) is 1. The fourth-order valence-corrected chi connectivity index (χ4v) is 3.38. The van der Waals surface area contributed by atoms with Crippen LogP contribution in [0.2, 0.25) is 0 Å². The monoisotopic (exact) mass is 395 g/mol. The molecule has 0 radical (unpaired) electrons. The zero-order valence-electron chi connectivity index (χ0n) is 16.6. The lowest BCUT2D eigenvalue weighted by Gasteiger charge is -2.04. The maximum Gasteiger partial charge on any atom is 0.138 e. The molecule has 30 heavy (non-hydrogen) atoms. The highest BCUT2D eigenvalue weighted by atomic mass is 16.5. The second-order valence-electron chi connectivity index (χ2n) is 7.31. The van der Waals surface area contributed by atoms with Crippen LogP contribution in [-0.4, -0.2) is 25.0 Å². The third kappa shape index (κ3) is 3.93. The van der Waals surface area contributed by atoms with Gasteiger partial charge in [-0.05, 0) is 54.4 Å². The average Bonchev–Trinajstić information content (AvgIpc) is 3.40. The number of imidazole rings is 1. The maximum absolute atomic E-state index is 5.87. The molecule has 0 atom stereocenters. The molecule has 5 rings (SSSR count). The van der Waals surface area contributed by atoms with Crippen molar-refractivity contribution in [2.75, 3.05) is 0 Å². The minimum Gasteiger partial charge on any atom is -0.487 e. The van der Waals surface area contributed by atoms with Crippen LogP contribution in [0.3, 0.4) is 0 Å². The van der Waals surface area contributed by atoms with Gasteiger partial charge in [0.2, 0.25) is 0 Å². The van der Waals surface area contributed by atoms with Gasteiger partial charge in [-0.3, -0.25) is 0 Å². The number of H-pyrrole nitrogens is 1. The lowest BCUT2D eigenvalue weighted by Crippen LogP contribution is -2.00. The van der Waals surface area contributed by atoms with E-state index in [0.717, 1.165) is 33.9 Å². The summed E-state index contributed by atoms with van der Waals surface area (Å²) < 4.78 is 7.69. The Morgan fingerprint density at radius 1 is 0.967 bits per heavy atom. The Hall–Kier alpha value is -3.93. The summed E-state index contributed by atoms with van der Waals surface area (Å²) in [6.45, 7) is 3.14. The van der Waals surface area contributed by atoms with Gasteiger partial charge in [0.15, 0.2) is 0 Å². The summed E-state index contributed by atoms with van der Waals surface area (Å²) in [4.78, 5) is 8.05. The van der Waals surface area contributed by atoms with Gasteiger partial charge in [-0.1, -0.05) is 41.6 Å². The first kappa shape index (κ1) is 18.1. The molecule has 1 N–H and O–H groups in total. The summed E-state index contributed by atoms with van der Waals surface area (Å²) in [6, 6.07) is 24.3. The number of nitrogens with zero attached hydrogens (tertiary/aromatic N) is 4. The number of rotatable bonds is 6. The van der Waals surface area contributed by atoms with Crippen molar-refractivity contribution in [2.24, 2.45) is 0 Å². The molecule has 0 aliphatic carbocycles. The normalized spacial score (nSPS) is 11.1. The topological polar surface area (TPSA) is 68.6 Å². The predicted octanol–water partition coefficient (Wildman–Crippen LogP) is 4.76. The molecule has 3 aromatic carbocycles. The maximum atomic E-state index is 5.87. The van der Waals surface area contributed by atoms with Crippen molar-refractivity contribution in [3.05, 3.63) is 95.8 Å². The number of nitrogens with one attached hydrogen (secondary N) is 1. The van der Waals surface area contributed by atoms with E-state index >= 15 is 0 Å². The Labute approximate surface area is 174 Å². The molecular formula is C24H21N5O. The van der Waals surface area contributed by atoms with Crippen molar-refractivity contribution in [2.45, 2.75) is 20.1 Å². The van der Waals surface area contributed by atoms with E-state index in [2.05, 4.69) is 51.5 Å². The lowest BCUT2D eigenvalue weighted by atomic mass is 10.2. The molecule has 6 heteroatoms. The number of benzene rings is 3. The van der Waals surface area contributed by atoms with Crippen LogP contribution in [0.25, 0.3) is 22.4 Å². The van der Waals surface area contributed by atoms with Crippen molar-refractivity contribution in [3.8, 4) is 17.1 Å². The van der Waals surface area contributed by atoms with Gasteiger partial charge in [-0.15, -0.1) is 5.10 Å². The molecular weight excluding hydrogens is 374 g/mol. The minimum absolute atomic E-state index is 0.373. The van der Waals surface area contributed by atoms with Crippen molar-refractivity contribution in [1.82, 2.24) is 25.0 Å². The van der Waals surface area contributed by atoms with E-state index in [1.54, 1.807) is 0 Å². The molecule has 0 saturated heterocycles. The molecule has 0 spiro atoms. The Morgan fingerprint density at radius 3 is 2.63 bits per heavy atom. The van der Waals surface area contributed by atoms with Crippen LogP contribution < -0.4 is 4.74 Å². The number of aromatic amines is 1. The van der Waals surface area contributed by atoms with E-state index < -0.39 is 0 Å². The molecule has 2 aromatic heterocycles. The third-order valence-electron chi connectivity index (χ3n) is 4.93. The molecule has 0 saturated carbocycles. The predicted molar refractivity (Wildman–Crippen MR) is 116 cm³/mol. The van der Waals surface area contributed by atoms with E-state index in [1.165, 1.54) is 11.1 Å². The molecule has 0 unspecified atom stereocenters. The van der Waals surface area contributed by atoms with Crippen LogP contribution in [0, 0.1) is 6.92 Å². The van der Waals surface area contributed by atoms with Crippen LogP contribution in [0.5, 0.6) is 5.75 Å². The number of hydrogen-bond acceptors (Lipinski definition) is 4. The van der Waals surface area contributed by atoms with Crippen LogP contribution in [0.1, 0.15) is 16.8 Å². The number of aryl methyl sites for hydroxylation is 1. The Kier molecular flexibility index (Phi) is 4.73. The lowest BCUT2D eigenvalue weighted by molar-refractivity contribution is 0.301. The molecule has 2 heterocycles. The summed E-state index contributed by atoms with van der Waals surface area (Å²) in [5.41, 5.74) is 6.22. The molecule has 6 nitrogen and oxygen atoms in total. The van der Waals surface area contributed by atoms with Crippen LogP contribution in [-0.2, 0) is 13.2 Å². The van der Waals surface area contributed by atoms with E-state index in [-0.39, 0.29) is 0 Å². The average molecular weight is 395 g/mol. The zero-order valence-corrected chi connectivity index (χ0v) is 16.6. The van der Waals surface area contributed by atoms with Gasteiger partial charge in [0.05, 0.1) is 23.8 Å². The molecule has 0 amide bonds. The van der Waals surface area contributed by atoms with Crippen molar-refractivity contribution < 1.29 is 4.74 Å². The quantitative estimate of drug-likeness (QED) is 0.450. The molecule has 0 fully saturated rings. The van der Waals surface area contributed by atoms with Gasteiger partial charge >= 0.3 is 0 Å². The van der Waals surface area contributed by atoms with E-state index in [4.69, 9.17) is 4.74 Å². The second kappa shape index (κ2) is 7.83. The number of fused-ring (bicyclic) bond motifs is 1. The molecule has 0 bridgehead atoms. The first-order valence-corrected chi connectivity index (χ1v) is 9.85. The highest BCUT2D eigenvalue weighted by Crippen LogP contribution is 2.23. The van der Waals surface area contributed by atoms with Gasteiger partial charge in [0.25, 0.3) is 0 Å².